The van der Waals surface area contributed by atoms with Gasteiger partial charge in [0.15, 0.2) is 5.69 Å². The molecule has 0 saturated carbocycles. The van der Waals surface area contributed by atoms with Crippen molar-refractivity contribution in [2.45, 2.75) is 18.4 Å². The summed E-state index contributed by atoms with van der Waals surface area (Å²) in [5.41, 5.74) is 10.1. The molecule has 7 nitrogen and oxygen atoms in total. The summed E-state index contributed by atoms with van der Waals surface area (Å²) in [5, 5.41) is 7.59. The number of hydrazine groups is 1. The molecule has 2 aromatic rings. The lowest BCUT2D eigenvalue weighted by Gasteiger charge is -2.06. The van der Waals surface area contributed by atoms with Crippen molar-refractivity contribution in [3.8, 4) is 0 Å². The fraction of sp³-hybridized carbons (Fsp3) is 0.250. The normalized spacial score (nSPS) is 10.5. The Morgan fingerprint density at radius 3 is 3.05 bits per heavy atom. The lowest BCUT2D eigenvalue weighted by molar-refractivity contribution is 0.0948. The van der Waals surface area contributed by atoms with Crippen LogP contribution >= 0.6 is 11.8 Å². The molecule has 0 aliphatic rings. The van der Waals surface area contributed by atoms with Gasteiger partial charge in [-0.15, -0.1) is 16.9 Å². The summed E-state index contributed by atoms with van der Waals surface area (Å²) in [6.07, 6.45) is 1.56. The Hall–Kier alpha value is -2.06. The van der Waals surface area contributed by atoms with Gasteiger partial charge in [-0.2, -0.15) is 0 Å². The van der Waals surface area contributed by atoms with Crippen LogP contribution < -0.4 is 17.0 Å². The number of aryl methyl sites for hydroxylation is 2. The molecule has 1 aromatic carbocycles. The largest absolute Gasteiger partial charge is 0.398 e. The number of nitrogens with zero attached hydrogens (tertiary/aromatic N) is 3. The first-order chi connectivity index (χ1) is 9.60. The van der Waals surface area contributed by atoms with E-state index in [4.69, 9.17) is 11.6 Å². The van der Waals surface area contributed by atoms with Crippen molar-refractivity contribution in [3.63, 3.8) is 0 Å². The van der Waals surface area contributed by atoms with E-state index in [1.807, 2.05) is 24.5 Å². The molecule has 0 saturated heterocycles. The number of hydrogen-bond donors (Lipinski definition) is 3. The lowest BCUT2D eigenvalue weighted by Crippen LogP contribution is -2.30. The van der Waals surface area contributed by atoms with Gasteiger partial charge in [0.1, 0.15) is 0 Å². The van der Waals surface area contributed by atoms with Crippen LogP contribution in [0.5, 0.6) is 0 Å². The number of anilines is 1. The molecule has 0 spiro atoms. The van der Waals surface area contributed by atoms with Crippen molar-refractivity contribution in [3.05, 3.63) is 35.7 Å². The number of carbonyl (C=O) groups excluding carboxylic acids is 1. The molecule has 0 aliphatic heterocycles. The van der Waals surface area contributed by atoms with Crippen LogP contribution in [0.25, 0.3) is 0 Å². The van der Waals surface area contributed by atoms with Crippen molar-refractivity contribution in [1.29, 1.82) is 0 Å². The van der Waals surface area contributed by atoms with Gasteiger partial charge < -0.3 is 5.73 Å². The third-order valence-electron chi connectivity index (χ3n) is 2.65. The molecule has 1 aromatic heterocycles. The number of thioether (sulfide) groups is 1. The van der Waals surface area contributed by atoms with E-state index in [1.165, 1.54) is 5.56 Å². The number of rotatable bonds is 5. The monoisotopic (exact) mass is 292 g/mol. The first kappa shape index (κ1) is 14.4. The van der Waals surface area contributed by atoms with E-state index in [1.54, 1.807) is 22.6 Å². The van der Waals surface area contributed by atoms with Crippen molar-refractivity contribution in [2.75, 3.05) is 11.5 Å². The molecule has 8 heteroatoms. The van der Waals surface area contributed by atoms with Crippen LogP contribution in [0.15, 0.2) is 29.3 Å². The zero-order valence-corrected chi connectivity index (χ0v) is 11.9. The van der Waals surface area contributed by atoms with Gasteiger partial charge in [-0.3, -0.25) is 14.9 Å². The zero-order chi connectivity index (χ0) is 14.5. The van der Waals surface area contributed by atoms with Crippen LogP contribution in [-0.4, -0.2) is 26.7 Å². The first-order valence-corrected chi connectivity index (χ1v) is 6.98. The average molecular weight is 292 g/mol. The summed E-state index contributed by atoms with van der Waals surface area (Å²) in [4.78, 5) is 12.3. The molecule has 106 valence electrons. The fourth-order valence-electron chi connectivity index (χ4n) is 1.60. The van der Waals surface area contributed by atoms with Gasteiger partial charge in [-0.05, 0) is 24.6 Å². The van der Waals surface area contributed by atoms with Gasteiger partial charge in [0, 0.05) is 16.3 Å². The standard InChI is InChI=1S/C12H16N6OS/c1-8-2-3-9(13)11(6-8)20-5-4-18-7-10(16-17-18)12(19)15-14/h2-3,6-7H,4-5,13-14H2,1H3,(H,15,19). The minimum absolute atomic E-state index is 0.201. The molecule has 1 amide bonds. The third kappa shape index (κ3) is 3.49. The highest BCUT2D eigenvalue weighted by Crippen LogP contribution is 2.25. The minimum atomic E-state index is -0.452. The molecule has 0 atom stereocenters. The predicted molar refractivity (Wildman–Crippen MR) is 78.0 cm³/mol. The van der Waals surface area contributed by atoms with Gasteiger partial charge in [0.05, 0.1) is 12.7 Å². The number of amides is 1. The maximum Gasteiger partial charge on any atom is 0.287 e. The predicted octanol–water partition coefficient (Wildman–Crippen LogP) is 0.565. The topological polar surface area (TPSA) is 112 Å². The summed E-state index contributed by atoms with van der Waals surface area (Å²) >= 11 is 1.64. The molecule has 0 unspecified atom stereocenters. The Labute approximate surface area is 120 Å². The SMILES string of the molecule is Cc1ccc(N)c(SCCn2cc(C(=O)NN)nn2)c1. The quantitative estimate of drug-likeness (QED) is 0.244. The molecule has 0 bridgehead atoms. The number of nitrogens with one attached hydrogen (secondary N) is 1. The van der Waals surface area contributed by atoms with Crippen LogP contribution in [0, 0.1) is 6.92 Å². The number of benzene rings is 1. The van der Waals surface area contributed by atoms with Crippen LogP contribution in [0.4, 0.5) is 5.69 Å². The van der Waals surface area contributed by atoms with Gasteiger partial charge in [0.25, 0.3) is 5.91 Å². The third-order valence-corrected chi connectivity index (χ3v) is 3.70. The number of hydrogen-bond acceptors (Lipinski definition) is 6. The number of carbonyl (C=O) groups is 1. The van der Waals surface area contributed by atoms with Crippen molar-refractivity contribution in [1.82, 2.24) is 20.4 Å². The van der Waals surface area contributed by atoms with Crippen LogP contribution in [0.2, 0.25) is 0 Å². The summed E-state index contributed by atoms with van der Waals surface area (Å²) < 4.78 is 1.60. The highest BCUT2D eigenvalue weighted by atomic mass is 32.2. The molecule has 0 radical (unpaired) electrons. The Morgan fingerprint density at radius 2 is 2.30 bits per heavy atom. The molecule has 20 heavy (non-hydrogen) atoms. The smallest absolute Gasteiger partial charge is 0.287 e. The van der Waals surface area contributed by atoms with Gasteiger partial charge >= 0.3 is 0 Å². The highest BCUT2D eigenvalue weighted by molar-refractivity contribution is 7.99. The van der Waals surface area contributed by atoms with Crippen LogP contribution in [0.3, 0.4) is 0 Å². The van der Waals surface area contributed by atoms with Crippen molar-refractivity contribution in [2.24, 2.45) is 5.84 Å². The van der Waals surface area contributed by atoms with Crippen molar-refractivity contribution >= 4 is 23.4 Å². The maximum absolute atomic E-state index is 11.2. The Morgan fingerprint density at radius 1 is 1.50 bits per heavy atom. The van der Waals surface area contributed by atoms with Gasteiger partial charge in [-0.25, -0.2) is 5.84 Å². The summed E-state index contributed by atoms with van der Waals surface area (Å²) in [6, 6.07) is 5.93. The molecular weight excluding hydrogens is 276 g/mol. The highest BCUT2D eigenvalue weighted by Gasteiger charge is 2.08. The van der Waals surface area contributed by atoms with E-state index in [0.29, 0.717) is 6.54 Å². The van der Waals surface area contributed by atoms with E-state index in [9.17, 15) is 4.79 Å². The minimum Gasteiger partial charge on any atom is -0.398 e. The van der Waals surface area contributed by atoms with E-state index < -0.39 is 5.91 Å². The lowest BCUT2D eigenvalue weighted by atomic mass is 10.2. The Bertz CT molecular complexity index is 612. The van der Waals surface area contributed by atoms with Crippen LogP contribution in [-0.2, 0) is 6.54 Å². The van der Waals surface area contributed by atoms with E-state index in [0.717, 1.165) is 16.3 Å². The second-order valence-electron chi connectivity index (χ2n) is 4.23. The number of nitrogens with two attached hydrogens (primary N) is 2. The first-order valence-electron chi connectivity index (χ1n) is 6.00. The summed E-state index contributed by atoms with van der Waals surface area (Å²) in [5.74, 6) is 5.35. The van der Waals surface area contributed by atoms with E-state index in [-0.39, 0.29) is 5.69 Å². The van der Waals surface area contributed by atoms with Gasteiger partial charge in [-0.1, -0.05) is 11.3 Å². The second-order valence-corrected chi connectivity index (χ2v) is 5.37. The molecule has 5 N–H and O–H groups in total. The second kappa shape index (κ2) is 6.40. The van der Waals surface area contributed by atoms with E-state index >= 15 is 0 Å². The van der Waals surface area contributed by atoms with E-state index in [2.05, 4.69) is 16.4 Å². The zero-order valence-electron chi connectivity index (χ0n) is 11.0. The molecule has 0 fully saturated rings. The Balaban J connectivity index is 1.91. The number of nitrogen functional groups attached to an aromatic ring is 2. The average Bonchev–Trinajstić information content (AvgIpc) is 2.90. The number of aromatic nitrogens is 3. The molecule has 1 heterocycles. The fourth-order valence-corrected chi connectivity index (χ4v) is 2.60. The molecular formula is C12H16N6OS. The summed E-state index contributed by atoms with van der Waals surface area (Å²) in [6.45, 7) is 2.65. The van der Waals surface area contributed by atoms with Crippen LogP contribution in [0.1, 0.15) is 16.1 Å². The Kier molecular flexibility index (Phi) is 4.59. The molecule has 0 aliphatic carbocycles. The van der Waals surface area contributed by atoms with Crippen molar-refractivity contribution < 1.29 is 4.79 Å². The van der Waals surface area contributed by atoms with Gasteiger partial charge in [0.2, 0.25) is 0 Å². The summed E-state index contributed by atoms with van der Waals surface area (Å²) in [7, 11) is 0. The maximum atomic E-state index is 11.2. The molecule has 2 rings (SSSR count).